The van der Waals surface area contributed by atoms with Crippen molar-refractivity contribution in [2.75, 3.05) is 6.61 Å². The van der Waals surface area contributed by atoms with Crippen molar-refractivity contribution in [3.8, 4) is 0 Å². The zero-order valence-corrected chi connectivity index (χ0v) is 13.0. The molecule has 2 atom stereocenters. The lowest BCUT2D eigenvalue weighted by Crippen LogP contribution is -2.37. The largest absolute Gasteiger partial charge is 0.444 e. The maximum Gasteiger partial charge on any atom is 0.287 e. The summed E-state index contributed by atoms with van der Waals surface area (Å²) in [6.45, 7) is 0.0567. The van der Waals surface area contributed by atoms with Gasteiger partial charge < -0.3 is 14.8 Å². The Morgan fingerprint density at radius 2 is 2.14 bits per heavy atom. The molecule has 0 fully saturated rings. The number of carbonyl (C=O) groups excluding carboxylic acids is 1. The van der Waals surface area contributed by atoms with Crippen molar-refractivity contribution in [2.24, 2.45) is 5.92 Å². The molecule has 0 saturated heterocycles. The van der Waals surface area contributed by atoms with Crippen LogP contribution in [0.5, 0.6) is 0 Å². The zero-order chi connectivity index (χ0) is 14.8. The molecule has 4 nitrogen and oxygen atoms in total. The van der Waals surface area contributed by atoms with Crippen LogP contribution in [0.2, 0.25) is 0 Å². The van der Waals surface area contributed by atoms with Crippen LogP contribution >= 0.6 is 15.9 Å². The van der Waals surface area contributed by atoms with Crippen LogP contribution < -0.4 is 5.32 Å². The molecule has 2 aromatic rings. The number of halogens is 1. The van der Waals surface area contributed by atoms with Crippen molar-refractivity contribution in [3.05, 3.63) is 58.0 Å². The number of nitrogens with one attached hydrogen (secondary N) is 1. The Labute approximate surface area is 131 Å². The van der Waals surface area contributed by atoms with Gasteiger partial charge in [-0.1, -0.05) is 24.3 Å². The molecular formula is C16H16BrNO3. The fourth-order valence-electron chi connectivity index (χ4n) is 2.87. The first-order chi connectivity index (χ1) is 10.2. The highest BCUT2D eigenvalue weighted by Gasteiger charge is 2.30. The number of carbonyl (C=O) groups is 1. The van der Waals surface area contributed by atoms with Crippen LogP contribution in [0, 0.1) is 5.92 Å². The topological polar surface area (TPSA) is 62.5 Å². The van der Waals surface area contributed by atoms with Crippen molar-refractivity contribution in [1.29, 1.82) is 0 Å². The fraction of sp³-hybridized carbons (Fsp3) is 0.312. The highest BCUT2D eigenvalue weighted by molar-refractivity contribution is 9.10. The monoisotopic (exact) mass is 349 g/mol. The van der Waals surface area contributed by atoms with E-state index in [1.807, 2.05) is 18.2 Å². The minimum Gasteiger partial charge on any atom is -0.444 e. The second kappa shape index (κ2) is 6.03. The molecule has 110 valence electrons. The number of amides is 1. The molecule has 1 amide bonds. The first kappa shape index (κ1) is 14.4. The van der Waals surface area contributed by atoms with Crippen molar-refractivity contribution >= 4 is 21.8 Å². The van der Waals surface area contributed by atoms with E-state index in [9.17, 15) is 9.90 Å². The summed E-state index contributed by atoms with van der Waals surface area (Å²) in [6, 6.07) is 11.2. The third kappa shape index (κ3) is 2.89. The summed E-state index contributed by atoms with van der Waals surface area (Å²) in [5.74, 6) is 0.0322. The van der Waals surface area contributed by atoms with Crippen LogP contribution in [0.15, 0.2) is 45.5 Å². The Morgan fingerprint density at radius 3 is 2.86 bits per heavy atom. The maximum atomic E-state index is 12.3. The minimum atomic E-state index is -0.263. The van der Waals surface area contributed by atoms with Crippen LogP contribution in [-0.4, -0.2) is 17.6 Å². The molecule has 21 heavy (non-hydrogen) atoms. The van der Waals surface area contributed by atoms with Gasteiger partial charge in [0.1, 0.15) is 0 Å². The van der Waals surface area contributed by atoms with E-state index in [-0.39, 0.29) is 30.2 Å². The Morgan fingerprint density at radius 1 is 1.33 bits per heavy atom. The predicted molar refractivity (Wildman–Crippen MR) is 82.0 cm³/mol. The molecule has 1 aromatic heterocycles. The number of fused-ring (bicyclic) bond motifs is 1. The van der Waals surface area contributed by atoms with E-state index in [0.29, 0.717) is 4.67 Å². The molecule has 0 unspecified atom stereocenters. The van der Waals surface area contributed by atoms with Gasteiger partial charge in [-0.2, -0.15) is 0 Å². The highest BCUT2D eigenvalue weighted by Crippen LogP contribution is 2.34. The van der Waals surface area contributed by atoms with Gasteiger partial charge >= 0.3 is 0 Å². The van der Waals surface area contributed by atoms with Gasteiger partial charge in [0.05, 0.1) is 6.04 Å². The summed E-state index contributed by atoms with van der Waals surface area (Å²) in [7, 11) is 0. The molecule has 5 heteroatoms. The van der Waals surface area contributed by atoms with E-state index in [1.54, 1.807) is 12.1 Å². The predicted octanol–water partition coefficient (Wildman–Crippen LogP) is 3.07. The van der Waals surface area contributed by atoms with Crippen molar-refractivity contribution in [1.82, 2.24) is 5.32 Å². The van der Waals surface area contributed by atoms with E-state index in [1.165, 1.54) is 5.56 Å². The van der Waals surface area contributed by atoms with E-state index in [4.69, 9.17) is 4.42 Å². The lowest BCUT2D eigenvalue weighted by atomic mass is 9.80. The van der Waals surface area contributed by atoms with Crippen LogP contribution in [0.25, 0.3) is 0 Å². The van der Waals surface area contributed by atoms with Crippen molar-refractivity contribution < 1.29 is 14.3 Å². The summed E-state index contributed by atoms with van der Waals surface area (Å²) >= 11 is 3.19. The fourth-order valence-corrected chi connectivity index (χ4v) is 3.17. The molecule has 3 rings (SSSR count). The maximum absolute atomic E-state index is 12.3. The molecule has 0 spiro atoms. The van der Waals surface area contributed by atoms with Gasteiger partial charge in [0, 0.05) is 12.5 Å². The second-order valence-electron chi connectivity index (χ2n) is 5.24. The van der Waals surface area contributed by atoms with Gasteiger partial charge in [-0.3, -0.25) is 4.79 Å². The number of furan rings is 1. The van der Waals surface area contributed by atoms with Gasteiger partial charge in [0.15, 0.2) is 10.4 Å². The van der Waals surface area contributed by atoms with Gasteiger partial charge in [-0.25, -0.2) is 0 Å². The van der Waals surface area contributed by atoms with Gasteiger partial charge in [-0.15, -0.1) is 0 Å². The summed E-state index contributed by atoms with van der Waals surface area (Å²) in [4.78, 5) is 12.3. The molecule has 1 heterocycles. The molecule has 0 radical (unpaired) electrons. The number of aliphatic hydroxyl groups is 1. The minimum absolute atomic E-state index is 0.0299. The average Bonchev–Trinajstić information content (AvgIpc) is 2.94. The molecule has 1 aromatic carbocycles. The third-order valence-corrected chi connectivity index (χ3v) is 4.39. The zero-order valence-electron chi connectivity index (χ0n) is 11.4. The molecule has 0 aliphatic heterocycles. The standard InChI is InChI=1S/C16H16BrNO3/c17-14-8-7-13(21-14)16(20)18-15-11(9-19)6-5-10-3-1-2-4-12(10)15/h1-4,7-8,11,15,19H,5-6,9H2,(H,18,20)/t11-,15+/m1/s1. The number of rotatable bonds is 3. The second-order valence-corrected chi connectivity index (χ2v) is 6.02. The van der Waals surface area contributed by atoms with E-state index in [2.05, 4.69) is 27.3 Å². The number of benzene rings is 1. The number of hydrogen-bond acceptors (Lipinski definition) is 3. The van der Waals surface area contributed by atoms with Crippen LogP contribution in [0.4, 0.5) is 0 Å². The van der Waals surface area contributed by atoms with Gasteiger partial charge in [-0.05, 0) is 52.0 Å². The Bertz CT molecular complexity index is 652. The smallest absolute Gasteiger partial charge is 0.287 e. The average molecular weight is 350 g/mol. The normalized spacial score (nSPS) is 20.9. The summed E-state index contributed by atoms with van der Waals surface area (Å²) in [5.41, 5.74) is 2.31. The summed E-state index contributed by atoms with van der Waals surface area (Å²) in [5, 5.41) is 12.6. The molecule has 0 saturated carbocycles. The SMILES string of the molecule is O=C(N[C@@H]1c2ccccc2CC[C@@H]1CO)c1ccc(Br)o1. The molecule has 1 aliphatic carbocycles. The van der Waals surface area contributed by atoms with E-state index < -0.39 is 0 Å². The van der Waals surface area contributed by atoms with Crippen LogP contribution in [-0.2, 0) is 6.42 Å². The van der Waals surface area contributed by atoms with Crippen LogP contribution in [0.1, 0.15) is 34.1 Å². The van der Waals surface area contributed by atoms with Crippen LogP contribution in [0.3, 0.4) is 0 Å². The summed E-state index contributed by atoms with van der Waals surface area (Å²) < 4.78 is 5.81. The van der Waals surface area contributed by atoms with Crippen molar-refractivity contribution in [2.45, 2.75) is 18.9 Å². The number of aryl methyl sites for hydroxylation is 1. The lowest BCUT2D eigenvalue weighted by Gasteiger charge is -2.33. The summed E-state index contributed by atoms with van der Waals surface area (Å²) in [6.07, 6.45) is 1.79. The highest BCUT2D eigenvalue weighted by atomic mass is 79.9. The Kier molecular flexibility index (Phi) is 4.12. The molecular weight excluding hydrogens is 334 g/mol. The van der Waals surface area contributed by atoms with Gasteiger partial charge in [0.2, 0.25) is 0 Å². The first-order valence-electron chi connectivity index (χ1n) is 6.94. The number of aliphatic hydroxyl groups excluding tert-OH is 1. The molecule has 1 aliphatic rings. The Hall–Kier alpha value is -1.59. The van der Waals surface area contributed by atoms with Crippen molar-refractivity contribution in [3.63, 3.8) is 0 Å². The quantitative estimate of drug-likeness (QED) is 0.894. The lowest BCUT2D eigenvalue weighted by molar-refractivity contribution is 0.0864. The first-order valence-corrected chi connectivity index (χ1v) is 7.73. The Balaban J connectivity index is 1.86. The third-order valence-electron chi connectivity index (χ3n) is 3.96. The molecule has 2 N–H and O–H groups in total. The van der Waals surface area contributed by atoms with E-state index >= 15 is 0 Å². The van der Waals surface area contributed by atoms with E-state index in [0.717, 1.165) is 18.4 Å². The number of hydrogen-bond donors (Lipinski definition) is 2. The van der Waals surface area contributed by atoms with Gasteiger partial charge in [0.25, 0.3) is 5.91 Å². The molecule has 0 bridgehead atoms.